The molecule has 0 atom stereocenters. The second-order valence-corrected chi connectivity index (χ2v) is 5.67. The molecule has 0 spiro atoms. The zero-order valence-corrected chi connectivity index (χ0v) is 11.1. The molecule has 0 aliphatic carbocycles. The molecule has 0 N–H and O–H groups in total. The third-order valence-corrected chi connectivity index (χ3v) is 4.15. The smallest absolute Gasteiger partial charge is 0.268 e. The Hall–Kier alpha value is -1.07. The monoisotopic (exact) mass is 267 g/mol. The number of amides is 2. The number of unbranched alkanes of at least 4 members (excludes halogenated alkanes) is 1. The summed E-state index contributed by atoms with van der Waals surface area (Å²) >= 11 is 2.60. The standard InChI is InChI=1S/C12H13NO2S2/c1-2-3-6-13-11(14)10(17-12(13)15)8-9-5-4-7-16-9/h4-5,7-8H,2-3,6H2,1H3/b10-8+. The maximum Gasteiger partial charge on any atom is 0.293 e. The van der Waals surface area contributed by atoms with Crippen molar-refractivity contribution in [2.45, 2.75) is 19.8 Å². The first-order chi connectivity index (χ1) is 8.22. The van der Waals surface area contributed by atoms with Crippen molar-refractivity contribution in [3.05, 3.63) is 27.3 Å². The van der Waals surface area contributed by atoms with Gasteiger partial charge in [-0.15, -0.1) is 11.3 Å². The molecular formula is C12H13NO2S2. The van der Waals surface area contributed by atoms with E-state index >= 15 is 0 Å². The van der Waals surface area contributed by atoms with Gasteiger partial charge in [0.1, 0.15) is 0 Å². The van der Waals surface area contributed by atoms with Crippen LogP contribution in [-0.4, -0.2) is 22.6 Å². The van der Waals surface area contributed by atoms with E-state index < -0.39 is 0 Å². The Morgan fingerprint density at radius 3 is 2.88 bits per heavy atom. The SMILES string of the molecule is CCCCN1C(=O)S/C(=C/c2cccs2)C1=O. The van der Waals surface area contributed by atoms with Gasteiger partial charge in [0.15, 0.2) is 0 Å². The lowest BCUT2D eigenvalue weighted by Crippen LogP contribution is -2.29. The molecule has 0 aromatic carbocycles. The predicted octanol–water partition coefficient (Wildman–Crippen LogP) is 3.58. The molecule has 2 amide bonds. The molecule has 17 heavy (non-hydrogen) atoms. The highest BCUT2D eigenvalue weighted by atomic mass is 32.2. The summed E-state index contributed by atoms with van der Waals surface area (Å²) in [5.74, 6) is -0.151. The molecule has 5 heteroatoms. The lowest BCUT2D eigenvalue weighted by molar-refractivity contribution is -0.122. The van der Waals surface area contributed by atoms with Gasteiger partial charge in [-0.25, -0.2) is 0 Å². The zero-order valence-electron chi connectivity index (χ0n) is 9.51. The molecule has 1 aliphatic rings. The van der Waals surface area contributed by atoms with Crippen LogP contribution in [0.5, 0.6) is 0 Å². The van der Waals surface area contributed by atoms with E-state index in [1.165, 1.54) is 4.90 Å². The minimum absolute atomic E-state index is 0.147. The van der Waals surface area contributed by atoms with Crippen LogP contribution in [0.2, 0.25) is 0 Å². The topological polar surface area (TPSA) is 37.4 Å². The van der Waals surface area contributed by atoms with Crippen molar-refractivity contribution in [3.8, 4) is 0 Å². The maximum absolute atomic E-state index is 12.0. The van der Waals surface area contributed by atoms with Gasteiger partial charge < -0.3 is 0 Å². The summed E-state index contributed by atoms with van der Waals surface area (Å²) in [7, 11) is 0. The second kappa shape index (κ2) is 5.51. The summed E-state index contributed by atoms with van der Waals surface area (Å²) < 4.78 is 0. The number of carbonyl (C=O) groups excluding carboxylic acids is 2. The van der Waals surface area contributed by atoms with Crippen LogP contribution in [0.15, 0.2) is 22.4 Å². The van der Waals surface area contributed by atoms with Gasteiger partial charge in [0.2, 0.25) is 0 Å². The largest absolute Gasteiger partial charge is 0.293 e. The molecule has 2 rings (SSSR count). The Balaban J connectivity index is 2.13. The fraction of sp³-hybridized carbons (Fsp3) is 0.333. The van der Waals surface area contributed by atoms with Crippen molar-refractivity contribution in [3.63, 3.8) is 0 Å². The average Bonchev–Trinajstić information content (AvgIpc) is 2.89. The molecule has 1 fully saturated rings. The van der Waals surface area contributed by atoms with Gasteiger partial charge in [0.05, 0.1) is 4.91 Å². The van der Waals surface area contributed by atoms with E-state index in [1.807, 2.05) is 24.4 Å². The lowest BCUT2D eigenvalue weighted by Gasteiger charge is -2.10. The van der Waals surface area contributed by atoms with Crippen LogP contribution in [0.4, 0.5) is 4.79 Å². The van der Waals surface area contributed by atoms with Crippen LogP contribution in [0.25, 0.3) is 6.08 Å². The third kappa shape index (κ3) is 2.79. The molecule has 0 radical (unpaired) electrons. The first-order valence-corrected chi connectivity index (χ1v) is 7.21. The van der Waals surface area contributed by atoms with Crippen molar-refractivity contribution >= 4 is 40.3 Å². The van der Waals surface area contributed by atoms with Crippen molar-refractivity contribution in [1.29, 1.82) is 0 Å². The van der Waals surface area contributed by atoms with Crippen molar-refractivity contribution in [1.82, 2.24) is 4.90 Å². The van der Waals surface area contributed by atoms with E-state index in [1.54, 1.807) is 17.4 Å². The van der Waals surface area contributed by atoms with Gasteiger partial charge in [-0.2, -0.15) is 0 Å². The second-order valence-electron chi connectivity index (χ2n) is 3.70. The molecule has 0 unspecified atom stereocenters. The molecule has 2 heterocycles. The van der Waals surface area contributed by atoms with Crippen LogP contribution in [-0.2, 0) is 4.79 Å². The van der Waals surface area contributed by atoms with Gasteiger partial charge in [-0.1, -0.05) is 19.4 Å². The first kappa shape index (κ1) is 12.4. The van der Waals surface area contributed by atoms with Crippen LogP contribution in [0, 0.1) is 0 Å². The van der Waals surface area contributed by atoms with E-state index in [9.17, 15) is 9.59 Å². The quantitative estimate of drug-likeness (QED) is 0.782. The molecule has 0 bridgehead atoms. The van der Waals surface area contributed by atoms with Crippen molar-refractivity contribution < 1.29 is 9.59 Å². The van der Waals surface area contributed by atoms with Gasteiger partial charge in [-0.05, 0) is 35.7 Å². The predicted molar refractivity (Wildman–Crippen MR) is 71.9 cm³/mol. The Morgan fingerprint density at radius 1 is 1.41 bits per heavy atom. The molecular weight excluding hydrogens is 254 g/mol. The molecule has 1 aromatic heterocycles. The summed E-state index contributed by atoms with van der Waals surface area (Å²) in [4.78, 5) is 26.5. The highest BCUT2D eigenvalue weighted by Gasteiger charge is 2.34. The summed E-state index contributed by atoms with van der Waals surface area (Å²) in [5, 5.41) is 1.80. The minimum atomic E-state index is -0.151. The molecule has 1 aromatic rings. The van der Waals surface area contributed by atoms with Crippen LogP contribution < -0.4 is 0 Å². The molecule has 3 nitrogen and oxygen atoms in total. The van der Waals surface area contributed by atoms with Crippen molar-refractivity contribution in [2.24, 2.45) is 0 Å². The number of hydrogen-bond donors (Lipinski definition) is 0. The number of thioether (sulfide) groups is 1. The van der Waals surface area contributed by atoms with Gasteiger partial charge in [-0.3, -0.25) is 14.5 Å². The summed E-state index contributed by atoms with van der Waals surface area (Å²) in [6.07, 6.45) is 3.64. The first-order valence-electron chi connectivity index (χ1n) is 5.51. The fourth-order valence-corrected chi connectivity index (χ4v) is 3.10. The van der Waals surface area contributed by atoms with E-state index in [4.69, 9.17) is 0 Å². The number of nitrogens with zero attached hydrogens (tertiary/aromatic N) is 1. The Morgan fingerprint density at radius 2 is 2.24 bits per heavy atom. The van der Waals surface area contributed by atoms with E-state index in [-0.39, 0.29) is 11.1 Å². The highest BCUT2D eigenvalue weighted by Crippen LogP contribution is 2.32. The zero-order chi connectivity index (χ0) is 12.3. The highest BCUT2D eigenvalue weighted by molar-refractivity contribution is 8.18. The van der Waals surface area contributed by atoms with Gasteiger partial charge in [0.25, 0.3) is 11.1 Å². The maximum atomic E-state index is 12.0. The molecule has 1 saturated heterocycles. The number of hydrogen-bond acceptors (Lipinski definition) is 4. The summed E-state index contributed by atoms with van der Waals surface area (Å²) in [5.41, 5.74) is 0. The molecule has 90 valence electrons. The van der Waals surface area contributed by atoms with Gasteiger partial charge in [0, 0.05) is 11.4 Å². The third-order valence-electron chi connectivity index (χ3n) is 2.43. The number of rotatable bonds is 4. The van der Waals surface area contributed by atoms with Gasteiger partial charge >= 0.3 is 0 Å². The van der Waals surface area contributed by atoms with Crippen LogP contribution >= 0.6 is 23.1 Å². The average molecular weight is 267 g/mol. The number of carbonyl (C=O) groups is 2. The molecule has 0 saturated carbocycles. The number of imide groups is 1. The molecule has 1 aliphatic heterocycles. The van der Waals surface area contributed by atoms with E-state index in [0.29, 0.717) is 11.4 Å². The Bertz CT molecular complexity index is 451. The lowest BCUT2D eigenvalue weighted by atomic mass is 10.3. The van der Waals surface area contributed by atoms with Crippen LogP contribution in [0.3, 0.4) is 0 Å². The van der Waals surface area contributed by atoms with E-state index in [0.717, 1.165) is 29.5 Å². The summed E-state index contributed by atoms with van der Waals surface area (Å²) in [6, 6.07) is 3.86. The van der Waals surface area contributed by atoms with Crippen molar-refractivity contribution in [2.75, 3.05) is 6.54 Å². The Kier molecular flexibility index (Phi) is 4.02. The fourth-order valence-electron chi connectivity index (χ4n) is 1.51. The van der Waals surface area contributed by atoms with Crippen LogP contribution in [0.1, 0.15) is 24.6 Å². The normalized spacial score (nSPS) is 18.4. The van der Waals surface area contributed by atoms with E-state index in [2.05, 4.69) is 0 Å². The minimum Gasteiger partial charge on any atom is -0.268 e. The number of thiophene rings is 1. The summed E-state index contributed by atoms with van der Waals surface area (Å²) in [6.45, 7) is 2.57. The Labute approximate surface area is 109 Å².